The van der Waals surface area contributed by atoms with Gasteiger partial charge in [0.15, 0.2) is 0 Å². The maximum Gasteiger partial charge on any atom is 0.0485 e. The van der Waals surface area contributed by atoms with Crippen molar-refractivity contribution >= 4 is 11.3 Å². The zero-order valence-corrected chi connectivity index (χ0v) is 8.04. The third-order valence-corrected chi connectivity index (χ3v) is 2.52. The summed E-state index contributed by atoms with van der Waals surface area (Å²) in [5.74, 6) is 0. The van der Waals surface area contributed by atoms with Crippen LogP contribution in [0.4, 0.5) is 5.69 Å². The van der Waals surface area contributed by atoms with Gasteiger partial charge in [-0.15, -0.1) is 0 Å². The van der Waals surface area contributed by atoms with E-state index in [0.717, 1.165) is 5.57 Å². The Kier molecular flexibility index (Phi) is 1.73. The van der Waals surface area contributed by atoms with Crippen LogP contribution in [0, 0.1) is 0 Å². The van der Waals surface area contributed by atoms with E-state index in [0.29, 0.717) is 0 Å². The van der Waals surface area contributed by atoms with E-state index in [1.807, 2.05) is 6.07 Å². The molecule has 0 atom stereocenters. The van der Waals surface area contributed by atoms with Gasteiger partial charge < -0.3 is 4.90 Å². The highest BCUT2D eigenvalue weighted by atomic mass is 15.1. The minimum atomic E-state index is 1.10. The SMILES string of the molecule is C=C1C=C(C)N(C)c2ccccc21. The zero-order valence-electron chi connectivity index (χ0n) is 8.04. The van der Waals surface area contributed by atoms with Crippen molar-refractivity contribution in [2.45, 2.75) is 6.92 Å². The molecule has 0 spiro atoms. The summed E-state index contributed by atoms with van der Waals surface area (Å²) in [7, 11) is 2.08. The summed E-state index contributed by atoms with van der Waals surface area (Å²) < 4.78 is 0. The first-order chi connectivity index (χ1) is 6.20. The zero-order chi connectivity index (χ0) is 9.42. The second-order valence-electron chi connectivity index (χ2n) is 3.39. The molecule has 0 bridgehead atoms. The van der Waals surface area contributed by atoms with Crippen LogP contribution in [-0.4, -0.2) is 7.05 Å². The summed E-state index contributed by atoms with van der Waals surface area (Å²) in [5, 5.41) is 0. The minimum Gasteiger partial charge on any atom is -0.348 e. The van der Waals surface area contributed by atoms with Crippen LogP contribution in [0.25, 0.3) is 5.57 Å². The molecule has 1 aromatic carbocycles. The number of anilines is 1. The number of fused-ring (bicyclic) bond motifs is 1. The number of allylic oxidation sites excluding steroid dienone is 3. The van der Waals surface area contributed by atoms with E-state index >= 15 is 0 Å². The molecule has 1 aliphatic heterocycles. The van der Waals surface area contributed by atoms with Gasteiger partial charge in [0.2, 0.25) is 0 Å². The van der Waals surface area contributed by atoms with E-state index in [-0.39, 0.29) is 0 Å². The molecule has 2 rings (SSSR count). The number of para-hydroxylation sites is 1. The predicted octanol–water partition coefficient (Wildman–Crippen LogP) is 3.05. The van der Waals surface area contributed by atoms with Gasteiger partial charge in [0.05, 0.1) is 0 Å². The average molecular weight is 171 g/mol. The predicted molar refractivity (Wildman–Crippen MR) is 57.6 cm³/mol. The Balaban J connectivity index is 2.62. The minimum absolute atomic E-state index is 1.10. The van der Waals surface area contributed by atoms with Crippen LogP contribution < -0.4 is 4.90 Å². The molecule has 1 aromatic rings. The largest absolute Gasteiger partial charge is 0.348 e. The third kappa shape index (κ3) is 1.17. The fraction of sp³-hybridized carbons (Fsp3) is 0.167. The summed E-state index contributed by atoms with van der Waals surface area (Å²) in [6.07, 6.45) is 2.11. The molecule has 0 amide bonds. The Hall–Kier alpha value is -1.50. The van der Waals surface area contributed by atoms with Crippen LogP contribution in [0.2, 0.25) is 0 Å². The standard InChI is InChI=1S/C12H13N/c1-9-8-10(2)13(3)12-7-5-4-6-11(9)12/h4-8H,1H2,2-3H3. The van der Waals surface area contributed by atoms with Crippen molar-refractivity contribution in [3.05, 3.63) is 48.2 Å². The summed E-state index contributed by atoms with van der Waals surface area (Å²) >= 11 is 0. The van der Waals surface area contributed by atoms with Gasteiger partial charge in [-0.25, -0.2) is 0 Å². The van der Waals surface area contributed by atoms with Crippen molar-refractivity contribution < 1.29 is 0 Å². The average Bonchev–Trinajstić information content (AvgIpc) is 2.15. The molecule has 1 nitrogen and oxygen atoms in total. The fourth-order valence-corrected chi connectivity index (χ4v) is 1.65. The van der Waals surface area contributed by atoms with Crippen LogP contribution in [0.5, 0.6) is 0 Å². The van der Waals surface area contributed by atoms with E-state index in [4.69, 9.17) is 0 Å². The quantitative estimate of drug-likeness (QED) is 0.580. The highest BCUT2D eigenvalue weighted by molar-refractivity contribution is 5.85. The van der Waals surface area contributed by atoms with Crippen molar-refractivity contribution in [1.82, 2.24) is 0 Å². The van der Waals surface area contributed by atoms with E-state index in [2.05, 4.69) is 49.7 Å². The van der Waals surface area contributed by atoms with E-state index in [1.165, 1.54) is 16.9 Å². The molecule has 0 aromatic heterocycles. The lowest BCUT2D eigenvalue weighted by Gasteiger charge is -2.27. The number of hydrogen-bond acceptors (Lipinski definition) is 1. The molecule has 0 aliphatic carbocycles. The van der Waals surface area contributed by atoms with Crippen LogP contribution in [-0.2, 0) is 0 Å². The molecule has 0 saturated carbocycles. The van der Waals surface area contributed by atoms with E-state index in [1.54, 1.807) is 0 Å². The highest BCUT2D eigenvalue weighted by Gasteiger charge is 2.14. The van der Waals surface area contributed by atoms with Gasteiger partial charge in [0.1, 0.15) is 0 Å². The van der Waals surface area contributed by atoms with Gasteiger partial charge in [-0.2, -0.15) is 0 Å². The first-order valence-electron chi connectivity index (χ1n) is 4.40. The highest BCUT2D eigenvalue weighted by Crippen LogP contribution is 2.33. The molecular weight excluding hydrogens is 158 g/mol. The molecular formula is C12H13N. The maximum absolute atomic E-state index is 4.04. The van der Waals surface area contributed by atoms with Gasteiger partial charge in [-0.1, -0.05) is 24.8 Å². The molecule has 0 fully saturated rings. The first-order valence-corrected chi connectivity index (χ1v) is 4.40. The Morgan fingerprint density at radius 2 is 1.92 bits per heavy atom. The van der Waals surface area contributed by atoms with Crippen LogP contribution in [0.1, 0.15) is 12.5 Å². The number of rotatable bonds is 0. The first kappa shape index (κ1) is 8.11. The maximum atomic E-state index is 4.04. The molecule has 0 radical (unpaired) electrons. The van der Waals surface area contributed by atoms with Crippen LogP contribution in [0.15, 0.2) is 42.6 Å². The summed E-state index contributed by atoms with van der Waals surface area (Å²) in [5.41, 5.74) is 4.82. The molecule has 1 heterocycles. The van der Waals surface area contributed by atoms with Gasteiger partial charge in [-0.3, -0.25) is 0 Å². The molecule has 13 heavy (non-hydrogen) atoms. The van der Waals surface area contributed by atoms with Gasteiger partial charge in [0.25, 0.3) is 0 Å². The van der Waals surface area contributed by atoms with E-state index < -0.39 is 0 Å². The van der Waals surface area contributed by atoms with Crippen molar-refractivity contribution in [2.24, 2.45) is 0 Å². The lowest BCUT2D eigenvalue weighted by atomic mass is 10.00. The van der Waals surface area contributed by atoms with E-state index in [9.17, 15) is 0 Å². The normalized spacial score (nSPS) is 15.4. The Bertz CT molecular complexity index is 388. The monoisotopic (exact) mass is 171 g/mol. The van der Waals surface area contributed by atoms with Gasteiger partial charge in [-0.05, 0) is 24.6 Å². The summed E-state index contributed by atoms with van der Waals surface area (Å²) in [4.78, 5) is 2.18. The molecule has 0 N–H and O–H groups in total. The Morgan fingerprint density at radius 3 is 2.69 bits per heavy atom. The fourth-order valence-electron chi connectivity index (χ4n) is 1.65. The van der Waals surface area contributed by atoms with Gasteiger partial charge in [0, 0.05) is 24.0 Å². The second kappa shape index (κ2) is 2.77. The van der Waals surface area contributed by atoms with Crippen molar-refractivity contribution in [1.29, 1.82) is 0 Å². The molecule has 1 aliphatic rings. The van der Waals surface area contributed by atoms with Crippen molar-refractivity contribution in [3.63, 3.8) is 0 Å². The third-order valence-electron chi connectivity index (χ3n) is 2.52. The van der Waals surface area contributed by atoms with Gasteiger partial charge >= 0.3 is 0 Å². The topological polar surface area (TPSA) is 3.24 Å². The smallest absolute Gasteiger partial charge is 0.0485 e. The Labute approximate surface area is 79.0 Å². The number of hydrogen-bond donors (Lipinski definition) is 0. The second-order valence-corrected chi connectivity index (χ2v) is 3.39. The molecule has 1 heteroatoms. The summed E-state index contributed by atoms with van der Waals surface area (Å²) in [6, 6.07) is 8.33. The lowest BCUT2D eigenvalue weighted by Crippen LogP contribution is -2.18. The van der Waals surface area contributed by atoms with Crippen molar-refractivity contribution in [2.75, 3.05) is 11.9 Å². The summed E-state index contributed by atoms with van der Waals surface area (Å²) in [6.45, 7) is 6.14. The molecule has 66 valence electrons. The van der Waals surface area contributed by atoms with Crippen LogP contribution >= 0.6 is 0 Å². The van der Waals surface area contributed by atoms with Crippen LogP contribution in [0.3, 0.4) is 0 Å². The number of nitrogens with zero attached hydrogens (tertiary/aromatic N) is 1. The molecule has 0 unspecified atom stereocenters. The Morgan fingerprint density at radius 1 is 1.23 bits per heavy atom. The number of benzene rings is 1. The van der Waals surface area contributed by atoms with Crippen molar-refractivity contribution in [3.8, 4) is 0 Å². The lowest BCUT2D eigenvalue weighted by molar-refractivity contribution is 1.08. The molecule has 0 saturated heterocycles.